The van der Waals surface area contributed by atoms with Gasteiger partial charge in [0.05, 0.1) is 17.2 Å². The summed E-state index contributed by atoms with van der Waals surface area (Å²) in [6, 6.07) is 7.81. The molecule has 0 aliphatic rings. The van der Waals surface area contributed by atoms with E-state index in [1.165, 1.54) is 0 Å². The van der Waals surface area contributed by atoms with Gasteiger partial charge in [-0.1, -0.05) is 36.9 Å². The number of thiazole rings is 2. The highest BCUT2D eigenvalue weighted by molar-refractivity contribution is 8.00. The van der Waals surface area contributed by atoms with Crippen molar-refractivity contribution in [3.63, 3.8) is 0 Å². The largest absolute Gasteiger partial charge is 0.451 e. The summed E-state index contributed by atoms with van der Waals surface area (Å²) in [6.07, 6.45) is 0.906. The Morgan fingerprint density at radius 3 is 2.76 bits per heavy atom. The molecule has 0 N–H and O–H groups in total. The van der Waals surface area contributed by atoms with Gasteiger partial charge in [-0.15, -0.1) is 22.7 Å². The average molecular weight is 444 g/mol. The number of amides is 1. The standard InChI is InChI=1S/C21H21N3O2S3/c1-4-18-23-14(11-27-18)9-24(3)20(25)19-16(12-29-21-22-13(2)10-28-21)15-7-5-6-8-17(15)26-19/h5-8,10-11H,4,9,12H2,1-3H3. The summed E-state index contributed by atoms with van der Waals surface area (Å²) in [6.45, 7) is 4.53. The first-order valence-corrected chi connectivity index (χ1v) is 12.0. The molecule has 8 heteroatoms. The molecule has 1 aromatic carbocycles. The van der Waals surface area contributed by atoms with E-state index in [4.69, 9.17) is 4.42 Å². The van der Waals surface area contributed by atoms with Gasteiger partial charge in [-0.3, -0.25) is 4.79 Å². The fourth-order valence-corrected chi connectivity index (χ4v) is 5.63. The molecule has 1 amide bonds. The van der Waals surface area contributed by atoms with Crippen molar-refractivity contribution in [2.75, 3.05) is 7.05 Å². The third kappa shape index (κ3) is 4.39. The number of furan rings is 1. The van der Waals surface area contributed by atoms with Crippen molar-refractivity contribution in [2.24, 2.45) is 0 Å². The molecule has 0 radical (unpaired) electrons. The number of hydrogen-bond donors (Lipinski definition) is 0. The van der Waals surface area contributed by atoms with Crippen LogP contribution in [0.3, 0.4) is 0 Å². The maximum atomic E-state index is 13.2. The normalized spacial score (nSPS) is 11.3. The zero-order chi connectivity index (χ0) is 20.4. The van der Waals surface area contributed by atoms with Gasteiger partial charge in [0.25, 0.3) is 5.91 Å². The van der Waals surface area contributed by atoms with E-state index in [9.17, 15) is 4.79 Å². The van der Waals surface area contributed by atoms with Crippen molar-refractivity contribution >= 4 is 51.3 Å². The summed E-state index contributed by atoms with van der Waals surface area (Å²) in [4.78, 5) is 24.0. The third-order valence-electron chi connectivity index (χ3n) is 4.48. The molecule has 0 fully saturated rings. The molecule has 3 heterocycles. The van der Waals surface area contributed by atoms with Crippen molar-refractivity contribution < 1.29 is 9.21 Å². The number of benzene rings is 1. The van der Waals surface area contributed by atoms with Crippen LogP contribution in [0.4, 0.5) is 0 Å². The van der Waals surface area contributed by atoms with Crippen molar-refractivity contribution in [3.05, 3.63) is 62.7 Å². The number of aromatic nitrogens is 2. The molecular formula is C21H21N3O2S3. The Bertz CT molecular complexity index is 1150. The highest BCUT2D eigenvalue weighted by atomic mass is 32.2. The zero-order valence-corrected chi connectivity index (χ0v) is 18.9. The minimum atomic E-state index is -0.127. The number of nitrogens with zero attached hydrogens (tertiary/aromatic N) is 3. The Kier molecular flexibility index (Phi) is 6.03. The van der Waals surface area contributed by atoms with Gasteiger partial charge < -0.3 is 9.32 Å². The molecule has 0 aliphatic heterocycles. The highest BCUT2D eigenvalue weighted by Crippen LogP contribution is 2.33. The number of carbonyl (C=O) groups is 1. The molecule has 0 spiro atoms. The van der Waals surface area contributed by atoms with Gasteiger partial charge in [-0.2, -0.15) is 0 Å². The van der Waals surface area contributed by atoms with Gasteiger partial charge in [-0.25, -0.2) is 9.97 Å². The summed E-state index contributed by atoms with van der Waals surface area (Å²) < 4.78 is 7.00. The van der Waals surface area contributed by atoms with E-state index in [1.54, 1.807) is 46.4 Å². The fourth-order valence-electron chi connectivity index (χ4n) is 3.02. The number of para-hydroxylation sites is 1. The molecule has 29 heavy (non-hydrogen) atoms. The molecule has 3 aromatic heterocycles. The Balaban J connectivity index is 1.60. The molecule has 4 aromatic rings. The Morgan fingerprint density at radius 2 is 2.03 bits per heavy atom. The van der Waals surface area contributed by atoms with Crippen LogP contribution < -0.4 is 0 Å². The first kappa shape index (κ1) is 20.1. The second-order valence-corrected chi connectivity index (χ2v) is 9.72. The summed E-state index contributed by atoms with van der Waals surface area (Å²) >= 11 is 4.89. The smallest absolute Gasteiger partial charge is 0.290 e. The third-order valence-corrected chi connectivity index (χ3v) is 7.69. The summed E-state index contributed by atoms with van der Waals surface area (Å²) in [5.74, 6) is 0.911. The second-order valence-electron chi connectivity index (χ2n) is 6.70. The number of carbonyl (C=O) groups excluding carboxylic acids is 1. The molecule has 5 nitrogen and oxygen atoms in total. The summed E-state index contributed by atoms with van der Waals surface area (Å²) in [5.41, 5.74) is 3.58. The number of hydrogen-bond acceptors (Lipinski definition) is 7. The minimum Gasteiger partial charge on any atom is -0.451 e. The van der Waals surface area contributed by atoms with Crippen LogP contribution >= 0.6 is 34.4 Å². The van der Waals surface area contributed by atoms with Crippen LogP contribution in [-0.2, 0) is 18.7 Å². The van der Waals surface area contributed by atoms with E-state index in [-0.39, 0.29) is 5.91 Å². The minimum absolute atomic E-state index is 0.127. The van der Waals surface area contributed by atoms with Gasteiger partial charge >= 0.3 is 0 Å². The van der Waals surface area contributed by atoms with Crippen LogP contribution in [0.15, 0.2) is 43.8 Å². The lowest BCUT2D eigenvalue weighted by atomic mass is 10.1. The Labute approximate surface area is 181 Å². The first-order valence-electron chi connectivity index (χ1n) is 9.29. The van der Waals surface area contributed by atoms with Crippen molar-refractivity contribution in [1.82, 2.24) is 14.9 Å². The average Bonchev–Trinajstić information content (AvgIpc) is 3.44. The fraction of sp³-hybridized carbons (Fsp3) is 0.286. The molecule has 0 aliphatic carbocycles. The predicted molar refractivity (Wildman–Crippen MR) is 120 cm³/mol. The van der Waals surface area contributed by atoms with Crippen molar-refractivity contribution in [2.45, 2.75) is 36.9 Å². The number of fused-ring (bicyclic) bond motifs is 1. The van der Waals surface area contributed by atoms with Crippen molar-refractivity contribution in [3.8, 4) is 0 Å². The molecule has 4 rings (SSSR count). The van der Waals surface area contributed by atoms with Crippen molar-refractivity contribution in [1.29, 1.82) is 0 Å². The van der Waals surface area contributed by atoms with Crippen LogP contribution in [0.25, 0.3) is 11.0 Å². The molecule has 0 saturated carbocycles. The van der Waals surface area contributed by atoms with Gasteiger partial charge in [-0.05, 0) is 19.4 Å². The van der Waals surface area contributed by atoms with Gasteiger partial charge in [0, 0.05) is 40.2 Å². The van der Waals surface area contributed by atoms with Crippen LogP contribution in [-0.4, -0.2) is 27.8 Å². The topological polar surface area (TPSA) is 59.2 Å². The van der Waals surface area contributed by atoms with E-state index in [2.05, 4.69) is 16.9 Å². The first-order chi connectivity index (χ1) is 14.0. The SMILES string of the molecule is CCc1nc(CN(C)C(=O)c2oc3ccccc3c2CSc2nc(C)cs2)cs1. The molecule has 0 saturated heterocycles. The highest BCUT2D eigenvalue weighted by Gasteiger charge is 2.24. The van der Waals surface area contributed by atoms with E-state index in [1.807, 2.05) is 41.9 Å². The van der Waals surface area contributed by atoms with Crippen LogP contribution in [0, 0.1) is 6.92 Å². The maximum absolute atomic E-state index is 13.2. The van der Waals surface area contributed by atoms with E-state index in [0.29, 0.717) is 18.1 Å². The van der Waals surface area contributed by atoms with Gasteiger partial charge in [0.2, 0.25) is 0 Å². The lowest BCUT2D eigenvalue weighted by Crippen LogP contribution is -2.26. The molecular weight excluding hydrogens is 422 g/mol. The van der Waals surface area contributed by atoms with Crippen LogP contribution in [0.1, 0.15) is 39.4 Å². The predicted octanol–water partition coefficient (Wildman–Crippen LogP) is 5.78. The molecule has 0 bridgehead atoms. The number of aryl methyl sites for hydroxylation is 2. The van der Waals surface area contributed by atoms with Gasteiger partial charge in [0.15, 0.2) is 5.76 Å². The van der Waals surface area contributed by atoms with E-state index >= 15 is 0 Å². The summed E-state index contributed by atoms with van der Waals surface area (Å²) in [7, 11) is 1.79. The molecule has 0 unspecified atom stereocenters. The second kappa shape index (κ2) is 8.69. The maximum Gasteiger partial charge on any atom is 0.290 e. The zero-order valence-electron chi connectivity index (χ0n) is 16.5. The van der Waals surface area contributed by atoms with Crippen LogP contribution in [0.2, 0.25) is 0 Å². The molecule has 0 atom stereocenters. The quantitative estimate of drug-likeness (QED) is 0.339. The lowest BCUT2D eigenvalue weighted by molar-refractivity contribution is 0.0753. The number of rotatable bonds is 7. The lowest BCUT2D eigenvalue weighted by Gasteiger charge is -2.15. The van der Waals surface area contributed by atoms with Crippen LogP contribution in [0.5, 0.6) is 0 Å². The Morgan fingerprint density at radius 1 is 1.21 bits per heavy atom. The summed E-state index contributed by atoms with van der Waals surface area (Å²) in [5, 5.41) is 6.11. The van der Waals surface area contributed by atoms with E-state index < -0.39 is 0 Å². The van der Waals surface area contributed by atoms with Gasteiger partial charge in [0.1, 0.15) is 9.92 Å². The number of thioether (sulfide) groups is 1. The monoisotopic (exact) mass is 443 g/mol. The van der Waals surface area contributed by atoms with E-state index in [0.717, 1.165) is 43.7 Å². The molecule has 150 valence electrons. The Hall–Kier alpha value is -2.16.